The average Bonchev–Trinajstić information content (AvgIpc) is 2.98. The van der Waals surface area contributed by atoms with E-state index < -0.39 is 0 Å². The minimum atomic E-state index is -0.298. The molecular weight excluding hydrogens is 361 g/mol. The number of carbonyl (C=O) groups excluding carboxylic acids is 2. The summed E-state index contributed by atoms with van der Waals surface area (Å²) in [5.41, 5.74) is 0.706. The SMILES string of the molecule is CC(=O)CCCCn1ccc(NC(=O)C=Cc2ccc(Cl)cc2Cl)n1. The van der Waals surface area contributed by atoms with Crippen molar-refractivity contribution in [1.82, 2.24) is 9.78 Å². The number of halogens is 2. The largest absolute Gasteiger partial charge is 0.306 e. The third kappa shape index (κ3) is 6.72. The van der Waals surface area contributed by atoms with Gasteiger partial charge in [0.2, 0.25) is 5.91 Å². The fourth-order valence-electron chi connectivity index (χ4n) is 2.17. The molecule has 2 rings (SSSR count). The van der Waals surface area contributed by atoms with Crippen molar-refractivity contribution in [3.63, 3.8) is 0 Å². The molecule has 1 N–H and O–H groups in total. The molecule has 25 heavy (non-hydrogen) atoms. The molecule has 5 nitrogen and oxygen atoms in total. The van der Waals surface area contributed by atoms with Crippen LogP contribution in [0.3, 0.4) is 0 Å². The van der Waals surface area contributed by atoms with Crippen molar-refractivity contribution < 1.29 is 9.59 Å². The van der Waals surface area contributed by atoms with Gasteiger partial charge in [0.15, 0.2) is 5.82 Å². The Hall–Kier alpha value is -2.11. The number of anilines is 1. The van der Waals surface area contributed by atoms with Gasteiger partial charge >= 0.3 is 0 Å². The van der Waals surface area contributed by atoms with Crippen molar-refractivity contribution in [3.8, 4) is 0 Å². The van der Waals surface area contributed by atoms with Crippen LogP contribution in [0.15, 0.2) is 36.5 Å². The number of ketones is 1. The zero-order valence-corrected chi connectivity index (χ0v) is 15.3. The predicted molar refractivity (Wildman–Crippen MR) is 101 cm³/mol. The predicted octanol–water partition coefficient (Wildman–Crippen LogP) is 4.60. The van der Waals surface area contributed by atoms with Gasteiger partial charge in [0.1, 0.15) is 5.78 Å². The van der Waals surface area contributed by atoms with E-state index in [1.54, 1.807) is 48.1 Å². The molecule has 0 saturated carbocycles. The van der Waals surface area contributed by atoms with E-state index in [4.69, 9.17) is 23.2 Å². The van der Waals surface area contributed by atoms with Gasteiger partial charge in [-0.2, -0.15) is 5.10 Å². The number of nitrogens with one attached hydrogen (secondary N) is 1. The van der Waals surface area contributed by atoms with E-state index in [1.165, 1.54) is 6.08 Å². The third-order valence-electron chi connectivity index (χ3n) is 3.43. The Morgan fingerprint density at radius 2 is 2.04 bits per heavy atom. The highest BCUT2D eigenvalue weighted by atomic mass is 35.5. The van der Waals surface area contributed by atoms with Crippen LogP contribution in [-0.4, -0.2) is 21.5 Å². The van der Waals surface area contributed by atoms with E-state index in [0.717, 1.165) is 12.8 Å². The van der Waals surface area contributed by atoms with Crippen LogP contribution in [0.1, 0.15) is 31.7 Å². The highest BCUT2D eigenvalue weighted by Crippen LogP contribution is 2.22. The van der Waals surface area contributed by atoms with E-state index in [2.05, 4.69) is 10.4 Å². The summed E-state index contributed by atoms with van der Waals surface area (Å²) < 4.78 is 1.75. The van der Waals surface area contributed by atoms with Gasteiger partial charge in [-0.25, -0.2) is 0 Å². The maximum atomic E-state index is 12.0. The minimum absolute atomic E-state index is 0.195. The van der Waals surface area contributed by atoms with Crippen LogP contribution in [0.25, 0.3) is 6.08 Å². The molecular formula is C18H19Cl2N3O2. The first-order chi connectivity index (χ1) is 11.9. The first-order valence-corrected chi connectivity index (χ1v) is 8.66. The van der Waals surface area contributed by atoms with Gasteiger partial charge < -0.3 is 10.1 Å². The number of Topliss-reactive ketones (excluding diaryl/α,β-unsaturated/α-hetero) is 1. The number of aromatic nitrogens is 2. The molecule has 0 saturated heterocycles. The molecule has 0 bridgehead atoms. The van der Waals surface area contributed by atoms with Crippen LogP contribution in [0, 0.1) is 0 Å². The number of rotatable bonds is 8. The van der Waals surface area contributed by atoms with Crippen LogP contribution in [0.2, 0.25) is 10.0 Å². The van der Waals surface area contributed by atoms with Crippen LogP contribution < -0.4 is 5.32 Å². The molecule has 1 aromatic carbocycles. The van der Waals surface area contributed by atoms with E-state index in [0.29, 0.717) is 34.4 Å². The van der Waals surface area contributed by atoms with Gasteiger partial charge in [0.25, 0.3) is 0 Å². The Labute approximate surface area is 156 Å². The van der Waals surface area contributed by atoms with Crippen LogP contribution >= 0.6 is 23.2 Å². The molecule has 1 amide bonds. The first-order valence-electron chi connectivity index (χ1n) is 7.91. The highest BCUT2D eigenvalue weighted by Gasteiger charge is 2.04. The average molecular weight is 380 g/mol. The summed E-state index contributed by atoms with van der Waals surface area (Å²) in [4.78, 5) is 22.8. The van der Waals surface area contributed by atoms with Crippen LogP contribution in [-0.2, 0) is 16.1 Å². The second kappa shape index (κ2) is 9.39. The minimum Gasteiger partial charge on any atom is -0.306 e. The van der Waals surface area contributed by atoms with Crippen molar-refractivity contribution in [2.75, 3.05) is 5.32 Å². The lowest BCUT2D eigenvalue weighted by Crippen LogP contribution is -2.09. The molecule has 0 radical (unpaired) electrons. The second-order valence-corrected chi connectivity index (χ2v) is 6.46. The number of benzene rings is 1. The third-order valence-corrected chi connectivity index (χ3v) is 4.00. The number of nitrogens with zero attached hydrogens (tertiary/aromatic N) is 2. The maximum absolute atomic E-state index is 12.0. The molecule has 0 fully saturated rings. The van der Waals surface area contributed by atoms with Crippen LogP contribution in [0.4, 0.5) is 5.82 Å². The van der Waals surface area contributed by atoms with E-state index in [1.807, 2.05) is 0 Å². The summed E-state index contributed by atoms with van der Waals surface area (Å²) >= 11 is 11.9. The summed E-state index contributed by atoms with van der Waals surface area (Å²) in [5, 5.41) is 7.98. The normalized spacial score (nSPS) is 11.0. The van der Waals surface area contributed by atoms with Crippen molar-refractivity contribution in [3.05, 3.63) is 52.1 Å². The van der Waals surface area contributed by atoms with Gasteiger partial charge in [-0.3, -0.25) is 9.48 Å². The number of hydrogen-bond donors (Lipinski definition) is 1. The Bertz CT molecular complexity index is 784. The smallest absolute Gasteiger partial charge is 0.249 e. The van der Waals surface area contributed by atoms with Gasteiger partial charge in [-0.1, -0.05) is 29.3 Å². The summed E-state index contributed by atoms with van der Waals surface area (Å²) in [7, 11) is 0. The number of amides is 1. The molecule has 0 unspecified atom stereocenters. The number of carbonyl (C=O) groups is 2. The fraction of sp³-hybridized carbons (Fsp3) is 0.278. The summed E-state index contributed by atoms with van der Waals surface area (Å²) in [6, 6.07) is 6.80. The Balaban J connectivity index is 1.84. The van der Waals surface area contributed by atoms with Crippen LogP contribution in [0.5, 0.6) is 0 Å². The van der Waals surface area contributed by atoms with Gasteiger partial charge in [0, 0.05) is 41.4 Å². The van der Waals surface area contributed by atoms with Crippen molar-refractivity contribution >= 4 is 46.8 Å². The standard InChI is InChI=1S/C18H19Cl2N3O2/c1-13(24)4-2-3-10-23-11-9-17(22-23)21-18(25)8-6-14-5-7-15(19)12-16(14)20/h5-9,11-12H,2-4,10H2,1H3,(H,21,22,25). The molecule has 2 aromatic rings. The molecule has 1 heterocycles. The van der Waals surface area contributed by atoms with Crippen molar-refractivity contribution in [2.45, 2.75) is 32.7 Å². The number of unbranched alkanes of at least 4 members (excludes halogenated alkanes) is 1. The number of aryl methyl sites for hydroxylation is 1. The maximum Gasteiger partial charge on any atom is 0.249 e. The molecule has 0 aliphatic carbocycles. The highest BCUT2D eigenvalue weighted by molar-refractivity contribution is 6.35. The van der Waals surface area contributed by atoms with E-state index in [9.17, 15) is 9.59 Å². The van der Waals surface area contributed by atoms with Gasteiger partial charge in [-0.05, 0) is 43.5 Å². The summed E-state index contributed by atoms with van der Waals surface area (Å²) in [6.07, 6.45) is 7.09. The zero-order chi connectivity index (χ0) is 18.2. The second-order valence-electron chi connectivity index (χ2n) is 5.61. The zero-order valence-electron chi connectivity index (χ0n) is 13.8. The lowest BCUT2D eigenvalue weighted by Gasteiger charge is -2.01. The molecule has 1 aromatic heterocycles. The van der Waals surface area contributed by atoms with E-state index in [-0.39, 0.29) is 11.7 Å². The quantitative estimate of drug-likeness (QED) is 0.538. The monoisotopic (exact) mass is 379 g/mol. The molecule has 0 spiro atoms. The fourth-order valence-corrected chi connectivity index (χ4v) is 2.64. The Morgan fingerprint density at radius 3 is 2.76 bits per heavy atom. The summed E-state index contributed by atoms with van der Waals surface area (Å²) in [5.74, 6) is 0.372. The Morgan fingerprint density at radius 1 is 1.24 bits per heavy atom. The van der Waals surface area contributed by atoms with Gasteiger partial charge in [-0.15, -0.1) is 0 Å². The molecule has 7 heteroatoms. The molecule has 132 valence electrons. The number of hydrogen-bond acceptors (Lipinski definition) is 3. The first kappa shape index (κ1) is 19.2. The lowest BCUT2D eigenvalue weighted by molar-refractivity contribution is -0.117. The molecule has 0 aliphatic rings. The Kier molecular flexibility index (Phi) is 7.22. The van der Waals surface area contributed by atoms with E-state index >= 15 is 0 Å². The summed E-state index contributed by atoms with van der Waals surface area (Å²) in [6.45, 7) is 2.30. The molecule has 0 aliphatic heterocycles. The van der Waals surface area contributed by atoms with Crippen molar-refractivity contribution in [1.29, 1.82) is 0 Å². The topological polar surface area (TPSA) is 64.0 Å². The lowest BCUT2D eigenvalue weighted by atomic mass is 10.2. The van der Waals surface area contributed by atoms with Gasteiger partial charge in [0.05, 0.1) is 0 Å². The molecule has 0 atom stereocenters. The van der Waals surface area contributed by atoms with Crippen molar-refractivity contribution in [2.24, 2.45) is 0 Å².